The number of carbonyl (C=O) groups excluding carboxylic acids is 1. The minimum absolute atomic E-state index is 0.132. The van der Waals surface area contributed by atoms with E-state index in [0.29, 0.717) is 24.5 Å². The van der Waals surface area contributed by atoms with Crippen LogP contribution >= 0.6 is 0 Å². The normalized spacial score (nSPS) is 10.2. The number of pyridine rings is 1. The Morgan fingerprint density at radius 1 is 1.42 bits per heavy atom. The smallest absolute Gasteiger partial charge is 0.251 e. The number of hydrogen-bond donors (Lipinski definition) is 3. The number of nitrogens with two attached hydrogens (primary N) is 1. The Morgan fingerprint density at radius 3 is 2.95 bits per heavy atom. The lowest BCUT2D eigenvalue weighted by molar-refractivity contribution is 0.0940. The maximum absolute atomic E-state index is 11.8. The standard InChI is InChI=1S/C13H22N4O2/c1-2-3-8-19-9-4-6-16-13(18)11-5-7-15-12(10-11)17-14/h5,7,10H,2-4,6,8-9,14H2,1H3,(H,15,17)(H,16,18). The van der Waals surface area contributed by atoms with Gasteiger partial charge in [0.15, 0.2) is 0 Å². The molecular weight excluding hydrogens is 244 g/mol. The van der Waals surface area contributed by atoms with Crippen molar-refractivity contribution in [2.75, 3.05) is 25.2 Å². The second-order valence-electron chi connectivity index (χ2n) is 4.15. The van der Waals surface area contributed by atoms with E-state index in [2.05, 4.69) is 22.7 Å². The summed E-state index contributed by atoms with van der Waals surface area (Å²) in [6.07, 6.45) is 4.56. The van der Waals surface area contributed by atoms with E-state index in [0.717, 1.165) is 25.9 Å². The van der Waals surface area contributed by atoms with Crippen LogP contribution in [0.4, 0.5) is 5.82 Å². The lowest BCUT2D eigenvalue weighted by Gasteiger charge is -2.07. The minimum Gasteiger partial charge on any atom is -0.381 e. The third-order valence-corrected chi connectivity index (χ3v) is 2.56. The Kier molecular flexibility index (Phi) is 7.53. The number of anilines is 1. The van der Waals surface area contributed by atoms with Gasteiger partial charge in [0, 0.05) is 31.5 Å². The minimum atomic E-state index is -0.132. The van der Waals surface area contributed by atoms with E-state index < -0.39 is 0 Å². The summed E-state index contributed by atoms with van der Waals surface area (Å²) in [5.41, 5.74) is 2.94. The van der Waals surface area contributed by atoms with Gasteiger partial charge in [0.05, 0.1) is 0 Å². The van der Waals surface area contributed by atoms with Crippen LogP contribution in [0.2, 0.25) is 0 Å². The molecule has 0 fully saturated rings. The van der Waals surface area contributed by atoms with Crippen molar-refractivity contribution in [1.29, 1.82) is 0 Å². The van der Waals surface area contributed by atoms with Crippen LogP contribution < -0.4 is 16.6 Å². The van der Waals surface area contributed by atoms with Crippen LogP contribution in [0.5, 0.6) is 0 Å². The second-order valence-corrected chi connectivity index (χ2v) is 4.15. The van der Waals surface area contributed by atoms with Crippen LogP contribution in [0, 0.1) is 0 Å². The van der Waals surface area contributed by atoms with Crippen LogP contribution in [0.15, 0.2) is 18.3 Å². The van der Waals surface area contributed by atoms with Gasteiger partial charge in [0.1, 0.15) is 5.82 Å². The number of carbonyl (C=O) groups is 1. The fourth-order valence-corrected chi connectivity index (χ4v) is 1.48. The number of nitrogens with one attached hydrogen (secondary N) is 2. The van der Waals surface area contributed by atoms with Crippen molar-refractivity contribution >= 4 is 11.7 Å². The topological polar surface area (TPSA) is 89.3 Å². The van der Waals surface area contributed by atoms with Gasteiger partial charge in [0.2, 0.25) is 0 Å². The number of rotatable bonds is 9. The predicted molar refractivity (Wildman–Crippen MR) is 74.7 cm³/mol. The largest absolute Gasteiger partial charge is 0.381 e. The van der Waals surface area contributed by atoms with Crippen molar-refractivity contribution in [2.24, 2.45) is 5.84 Å². The molecule has 1 aromatic heterocycles. The van der Waals surface area contributed by atoms with Gasteiger partial charge in [-0.3, -0.25) is 4.79 Å². The first-order chi connectivity index (χ1) is 9.27. The number of hydrogen-bond acceptors (Lipinski definition) is 5. The zero-order chi connectivity index (χ0) is 13.9. The number of nitrogen functional groups attached to an aromatic ring is 1. The molecule has 1 heterocycles. The second kappa shape index (κ2) is 9.29. The first kappa shape index (κ1) is 15.4. The molecule has 0 aliphatic heterocycles. The summed E-state index contributed by atoms with van der Waals surface area (Å²) in [4.78, 5) is 15.7. The highest BCUT2D eigenvalue weighted by Gasteiger charge is 2.05. The highest BCUT2D eigenvalue weighted by atomic mass is 16.5. The molecule has 0 unspecified atom stereocenters. The third-order valence-electron chi connectivity index (χ3n) is 2.56. The van der Waals surface area contributed by atoms with Crippen molar-refractivity contribution in [3.05, 3.63) is 23.9 Å². The molecule has 1 aromatic rings. The van der Waals surface area contributed by atoms with Gasteiger partial charge in [-0.05, 0) is 25.0 Å². The third kappa shape index (κ3) is 6.17. The Labute approximate surface area is 113 Å². The van der Waals surface area contributed by atoms with Crippen LogP contribution in [0.1, 0.15) is 36.5 Å². The summed E-state index contributed by atoms with van der Waals surface area (Å²) >= 11 is 0. The molecule has 0 atom stereocenters. The zero-order valence-electron chi connectivity index (χ0n) is 11.3. The van der Waals surface area contributed by atoms with Gasteiger partial charge in [-0.1, -0.05) is 13.3 Å². The summed E-state index contributed by atoms with van der Waals surface area (Å²) in [5.74, 6) is 5.57. The zero-order valence-corrected chi connectivity index (χ0v) is 11.3. The molecule has 4 N–H and O–H groups in total. The maximum Gasteiger partial charge on any atom is 0.251 e. The van der Waals surface area contributed by atoms with Gasteiger partial charge in [-0.15, -0.1) is 0 Å². The van der Waals surface area contributed by atoms with Crippen molar-refractivity contribution in [1.82, 2.24) is 10.3 Å². The summed E-state index contributed by atoms with van der Waals surface area (Å²) in [6, 6.07) is 3.25. The lowest BCUT2D eigenvalue weighted by atomic mass is 10.2. The van der Waals surface area contributed by atoms with Crippen LogP contribution in [0.25, 0.3) is 0 Å². The highest BCUT2D eigenvalue weighted by molar-refractivity contribution is 5.94. The molecule has 0 radical (unpaired) electrons. The molecule has 0 aromatic carbocycles. The van der Waals surface area contributed by atoms with Crippen LogP contribution in [0.3, 0.4) is 0 Å². The Balaban J connectivity index is 2.20. The number of amides is 1. The van der Waals surface area contributed by atoms with E-state index in [4.69, 9.17) is 10.6 Å². The maximum atomic E-state index is 11.8. The number of unbranched alkanes of at least 4 members (excludes halogenated alkanes) is 1. The van der Waals surface area contributed by atoms with Gasteiger partial charge in [0.25, 0.3) is 5.91 Å². The van der Waals surface area contributed by atoms with E-state index in [1.807, 2.05) is 0 Å². The Bertz CT molecular complexity index is 385. The van der Waals surface area contributed by atoms with Gasteiger partial charge in [-0.25, -0.2) is 10.8 Å². The molecule has 106 valence electrons. The molecule has 1 amide bonds. The number of aromatic nitrogens is 1. The summed E-state index contributed by atoms with van der Waals surface area (Å²) in [6.45, 7) is 4.19. The first-order valence-electron chi connectivity index (χ1n) is 6.56. The van der Waals surface area contributed by atoms with Crippen molar-refractivity contribution < 1.29 is 9.53 Å². The summed E-state index contributed by atoms with van der Waals surface area (Å²) in [5, 5.41) is 2.83. The van der Waals surface area contributed by atoms with Crippen LogP contribution in [-0.2, 0) is 4.74 Å². The van der Waals surface area contributed by atoms with Crippen LogP contribution in [-0.4, -0.2) is 30.6 Å². The summed E-state index contributed by atoms with van der Waals surface area (Å²) in [7, 11) is 0. The fraction of sp³-hybridized carbons (Fsp3) is 0.538. The van der Waals surface area contributed by atoms with E-state index in [9.17, 15) is 4.79 Å². The molecule has 6 heteroatoms. The van der Waals surface area contributed by atoms with E-state index >= 15 is 0 Å². The number of ether oxygens (including phenoxy) is 1. The van der Waals surface area contributed by atoms with Gasteiger partial charge >= 0.3 is 0 Å². The van der Waals surface area contributed by atoms with Crippen molar-refractivity contribution in [2.45, 2.75) is 26.2 Å². The molecule has 6 nitrogen and oxygen atoms in total. The first-order valence-corrected chi connectivity index (χ1v) is 6.56. The molecule has 0 saturated carbocycles. The van der Waals surface area contributed by atoms with Crippen molar-refractivity contribution in [3.8, 4) is 0 Å². The Hall–Kier alpha value is -1.66. The molecule has 0 aliphatic rings. The van der Waals surface area contributed by atoms with E-state index in [1.54, 1.807) is 12.1 Å². The molecule has 0 spiro atoms. The predicted octanol–water partition coefficient (Wildman–Crippen LogP) is 1.30. The van der Waals surface area contributed by atoms with Crippen molar-refractivity contribution in [3.63, 3.8) is 0 Å². The number of hydrazine groups is 1. The molecular formula is C13H22N4O2. The highest BCUT2D eigenvalue weighted by Crippen LogP contribution is 2.04. The number of nitrogens with zero attached hydrogens (tertiary/aromatic N) is 1. The fourth-order valence-electron chi connectivity index (χ4n) is 1.48. The van der Waals surface area contributed by atoms with E-state index in [1.165, 1.54) is 6.20 Å². The molecule has 0 saturated heterocycles. The SMILES string of the molecule is CCCCOCCCNC(=O)c1ccnc(NN)c1. The lowest BCUT2D eigenvalue weighted by Crippen LogP contribution is -2.25. The molecule has 0 aliphatic carbocycles. The summed E-state index contributed by atoms with van der Waals surface area (Å²) < 4.78 is 5.41. The average molecular weight is 266 g/mol. The van der Waals surface area contributed by atoms with Gasteiger partial charge < -0.3 is 15.5 Å². The Morgan fingerprint density at radius 2 is 2.21 bits per heavy atom. The monoisotopic (exact) mass is 266 g/mol. The van der Waals surface area contributed by atoms with E-state index in [-0.39, 0.29) is 5.91 Å². The molecule has 1 rings (SSSR count). The molecule has 0 bridgehead atoms. The van der Waals surface area contributed by atoms with Gasteiger partial charge in [-0.2, -0.15) is 0 Å². The molecule has 19 heavy (non-hydrogen) atoms. The average Bonchev–Trinajstić information content (AvgIpc) is 2.46. The quantitative estimate of drug-likeness (QED) is 0.356.